The molecule has 0 fully saturated rings. The van der Waals surface area contributed by atoms with Crippen LogP contribution in [-0.2, 0) is 4.79 Å². The van der Waals surface area contributed by atoms with Crippen LogP contribution in [0.2, 0.25) is 0 Å². The molecule has 0 saturated heterocycles. The molecule has 2 aliphatic rings. The first-order valence-electron chi connectivity index (χ1n) is 3.53. The predicted octanol–water partition coefficient (Wildman–Crippen LogP) is 0.554. The molecule has 0 bridgehead atoms. The van der Waals surface area contributed by atoms with Crippen LogP contribution in [0.3, 0.4) is 0 Å². The molecule has 0 aromatic carbocycles. The zero-order valence-electron chi connectivity index (χ0n) is 5.39. The van der Waals surface area contributed by atoms with E-state index in [1.165, 1.54) is 18.6 Å². The van der Waals surface area contributed by atoms with E-state index in [-0.39, 0.29) is 0 Å². The zero-order valence-corrected chi connectivity index (χ0v) is 5.39. The van der Waals surface area contributed by atoms with Gasteiger partial charge in [0.2, 0.25) is 0 Å². The summed E-state index contributed by atoms with van der Waals surface area (Å²) < 4.78 is 1.96. The Morgan fingerprint density at radius 2 is 2.11 bits per heavy atom. The molecule has 0 aromatic rings. The lowest BCUT2D eigenvalue weighted by Crippen LogP contribution is -2.14. The molecule has 9 heavy (non-hydrogen) atoms. The molecule has 48 valence electrons. The SMILES string of the molecule is O=C1CCC2=[N+]1CCC2. The Bertz CT molecular complexity index is 193. The minimum atomic E-state index is 0.350. The lowest BCUT2D eigenvalue weighted by atomic mass is 10.2. The van der Waals surface area contributed by atoms with Crippen molar-refractivity contribution in [2.75, 3.05) is 6.54 Å². The van der Waals surface area contributed by atoms with Crippen molar-refractivity contribution in [1.82, 2.24) is 0 Å². The van der Waals surface area contributed by atoms with Gasteiger partial charge in [0.1, 0.15) is 0 Å². The summed E-state index contributed by atoms with van der Waals surface area (Å²) in [4.78, 5) is 11.0. The van der Waals surface area contributed by atoms with Crippen molar-refractivity contribution >= 4 is 11.6 Å². The summed E-state index contributed by atoms with van der Waals surface area (Å²) in [6, 6.07) is 0. The molecular weight excluding hydrogens is 114 g/mol. The third-order valence-corrected chi connectivity index (χ3v) is 2.16. The average molecular weight is 124 g/mol. The first-order chi connectivity index (χ1) is 4.38. The minimum absolute atomic E-state index is 0.350. The van der Waals surface area contributed by atoms with Gasteiger partial charge in [-0.1, -0.05) is 0 Å². The van der Waals surface area contributed by atoms with E-state index >= 15 is 0 Å². The van der Waals surface area contributed by atoms with E-state index in [4.69, 9.17) is 0 Å². The van der Waals surface area contributed by atoms with Crippen LogP contribution in [0.4, 0.5) is 0 Å². The molecule has 0 radical (unpaired) electrons. The van der Waals surface area contributed by atoms with Crippen LogP contribution in [-0.4, -0.2) is 22.7 Å². The minimum Gasteiger partial charge on any atom is -0.220 e. The van der Waals surface area contributed by atoms with Crippen LogP contribution < -0.4 is 0 Å². The van der Waals surface area contributed by atoms with Crippen LogP contribution in [0, 0.1) is 0 Å². The van der Waals surface area contributed by atoms with E-state index in [9.17, 15) is 4.79 Å². The molecule has 0 saturated carbocycles. The Morgan fingerprint density at radius 1 is 1.22 bits per heavy atom. The summed E-state index contributed by atoms with van der Waals surface area (Å²) >= 11 is 0. The fourth-order valence-electron chi connectivity index (χ4n) is 1.68. The number of hydrogen-bond donors (Lipinski definition) is 0. The van der Waals surface area contributed by atoms with Crippen LogP contribution in [0.1, 0.15) is 25.7 Å². The lowest BCUT2D eigenvalue weighted by molar-refractivity contribution is -0.435. The van der Waals surface area contributed by atoms with E-state index in [1.807, 2.05) is 4.58 Å². The maximum absolute atomic E-state index is 11.0. The molecule has 2 rings (SSSR count). The van der Waals surface area contributed by atoms with Crippen LogP contribution in [0.25, 0.3) is 0 Å². The van der Waals surface area contributed by atoms with Crippen molar-refractivity contribution in [1.29, 1.82) is 0 Å². The van der Waals surface area contributed by atoms with E-state index in [1.54, 1.807) is 0 Å². The second-order valence-corrected chi connectivity index (χ2v) is 2.72. The maximum atomic E-state index is 11.0. The van der Waals surface area contributed by atoms with Gasteiger partial charge in [0.15, 0.2) is 12.3 Å². The number of carbonyl (C=O) groups is 1. The summed E-state index contributed by atoms with van der Waals surface area (Å²) in [5.74, 6) is 0.350. The Morgan fingerprint density at radius 3 is 2.89 bits per heavy atom. The second-order valence-electron chi connectivity index (χ2n) is 2.72. The maximum Gasteiger partial charge on any atom is 0.387 e. The summed E-state index contributed by atoms with van der Waals surface area (Å²) in [6.07, 6.45) is 4.18. The fourth-order valence-corrected chi connectivity index (χ4v) is 1.68. The number of hydrogen-bond acceptors (Lipinski definition) is 1. The summed E-state index contributed by atoms with van der Waals surface area (Å²) in [5.41, 5.74) is 1.39. The van der Waals surface area contributed by atoms with Gasteiger partial charge in [-0.2, -0.15) is 4.58 Å². The van der Waals surface area contributed by atoms with E-state index in [0.717, 1.165) is 19.4 Å². The Hall–Kier alpha value is -0.660. The topological polar surface area (TPSA) is 20.1 Å². The van der Waals surface area contributed by atoms with Gasteiger partial charge < -0.3 is 0 Å². The van der Waals surface area contributed by atoms with Crippen molar-refractivity contribution < 1.29 is 9.37 Å². The Labute approximate surface area is 54.2 Å². The van der Waals surface area contributed by atoms with Gasteiger partial charge in [-0.15, -0.1) is 0 Å². The van der Waals surface area contributed by atoms with Gasteiger partial charge >= 0.3 is 5.91 Å². The largest absolute Gasteiger partial charge is 0.387 e. The van der Waals surface area contributed by atoms with Crippen LogP contribution >= 0.6 is 0 Å². The highest BCUT2D eigenvalue weighted by Crippen LogP contribution is 2.16. The zero-order chi connectivity index (χ0) is 6.27. The highest BCUT2D eigenvalue weighted by atomic mass is 16.2. The first-order valence-corrected chi connectivity index (χ1v) is 3.53. The molecule has 2 heteroatoms. The molecule has 0 atom stereocenters. The summed E-state index contributed by atoms with van der Waals surface area (Å²) in [7, 11) is 0. The smallest absolute Gasteiger partial charge is 0.220 e. The number of nitrogens with zero attached hydrogens (tertiary/aromatic N) is 1. The Balaban J connectivity index is 2.34. The molecule has 2 heterocycles. The third-order valence-electron chi connectivity index (χ3n) is 2.16. The molecule has 2 nitrogen and oxygen atoms in total. The molecule has 0 N–H and O–H groups in total. The van der Waals surface area contributed by atoms with Gasteiger partial charge in [-0.3, -0.25) is 0 Å². The molecular formula is C7H10NO+. The predicted molar refractivity (Wildman–Crippen MR) is 33.6 cm³/mol. The molecule has 0 aliphatic carbocycles. The van der Waals surface area contributed by atoms with Gasteiger partial charge in [0, 0.05) is 19.3 Å². The van der Waals surface area contributed by atoms with Crippen molar-refractivity contribution in [2.45, 2.75) is 25.7 Å². The third kappa shape index (κ3) is 0.622. The monoisotopic (exact) mass is 124 g/mol. The van der Waals surface area contributed by atoms with Crippen molar-refractivity contribution in [3.63, 3.8) is 0 Å². The standard InChI is InChI=1S/C7H10NO/c9-7-4-3-6-2-1-5-8(6)7/h1-5H2/q+1. The number of amides is 1. The lowest BCUT2D eigenvalue weighted by Gasteiger charge is -1.83. The summed E-state index contributed by atoms with van der Waals surface area (Å²) in [6.45, 7) is 0.994. The van der Waals surface area contributed by atoms with Gasteiger partial charge in [-0.05, 0) is 0 Å². The van der Waals surface area contributed by atoms with Gasteiger partial charge in [0.05, 0.1) is 6.42 Å². The molecule has 0 unspecified atom stereocenters. The van der Waals surface area contributed by atoms with E-state index < -0.39 is 0 Å². The summed E-state index contributed by atoms with van der Waals surface area (Å²) in [5, 5.41) is 0. The number of carbonyl (C=O) groups excluding carboxylic acids is 1. The normalized spacial score (nSPS) is 25.6. The molecule has 0 spiro atoms. The molecule has 2 aliphatic heterocycles. The molecule has 1 amide bonds. The van der Waals surface area contributed by atoms with Crippen molar-refractivity contribution in [2.24, 2.45) is 0 Å². The first kappa shape index (κ1) is 5.15. The van der Waals surface area contributed by atoms with Crippen LogP contribution in [0.15, 0.2) is 0 Å². The average Bonchev–Trinajstić information content (AvgIpc) is 2.35. The fraction of sp³-hybridized carbons (Fsp3) is 0.714. The quantitative estimate of drug-likeness (QED) is 0.432. The van der Waals surface area contributed by atoms with Gasteiger partial charge in [0.25, 0.3) is 0 Å². The highest BCUT2D eigenvalue weighted by Gasteiger charge is 2.34. The van der Waals surface area contributed by atoms with Crippen molar-refractivity contribution in [3.8, 4) is 0 Å². The molecule has 0 aromatic heterocycles. The highest BCUT2D eigenvalue weighted by molar-refractivity contribution is 5.92. The Kier molecular flexibility index (Phi) is 0.949. The van der Waals surface area contributed by atoms with Crippen molar-refractivity contribution in [3.05, 3.63) is 0 Å². The van der Waals surface area contributed by atoms with Crippen LogP contribution in [0.5, 0.6) is 0 Å². The second kappa shape index (κ2) is 1.66. The number of rotatable bonds is 0. The van der Waals surface area contributed by atoms with E-state index in [0.29, 0.717) is 5.91 Å². The van der Waals surface area contributed by atoms with E-state index in [2.05, 4.69) is 0 Å². The van der Waals surface area contributed by atoms with Gasteiger partial charge in [-0.25, -0.2) is 4.79 Å².